The molecular formula is C20H30N2O3. The number of Topliss-reactive ketones (excluding diaryl/α,β-unsaturated/α-hetero) is 1. The first-order chi connectivity index (χ1) is 11.8. The average Bonchev–Trinajstić information content (AvgIpc) is 2.59. The third kappa shape index (κ3) is 5.85. The minimum atomic E-state index is -0.383. The zero-order chi connectivity index (χ0) is 18.4. The van der Waals surface area contributed by atoms with Crippen molar-refractivity contribution < 1.29 is 14.7 Å². The Bertz CT molecular complexity index is 576. The van der Waals surface area contributed by atoms with E-state index >= 15 is 0 Å². The highest BCUT2D eigenvalue weighted by molar-refractivity contribution is 5.97. The van der Waals surface area contributed by atoms with E-state index in [1.807, 2.05) is 44.2 Å². The van der Waals surface area contributed by atoms with Gasteiger partial charge in [0.05, 0.1) is 6.10 Å². The van der Waals surface area contributed by atoms with E-state index in [-0.39, 0.29) is 29.3 Å². The molecule has 0 bridgehead atoms. The molecular weight excluding hydrogens is 316 g/mol. The summed E-state index contributed by atoms with van der Waals surface area (Å²) in [4.78, 5) is 26.6. The van der Waals surface area contributed by atoms with Crippen LogP contribution in [0, 0.1) is 11.3 Å². The molecule has 1 aromatic rings. The summed E-state index contributed by atoms with van der Waals surface area (Å²) >= 11 is 0. The number of likely N-dealkylation sites (tertiary alicyclic amines) is 1. The number of amides is 2. The lowest BCUT2D eigenvalue weighted by Crippen LogP contribution is -2.47. The van der Waals surface area contributed by atoms with E-state index in [1.54, 1.807) is 11.8 Å². The summed E-state index contributed by atoms with van der Waals surface area (Å²) in [6.07, 6.45) is 1.67. The molecule has 1 saturated heterocycles. The Kier molecular flexibility index (Phi) is 6.59. The quantitative estimate of drug-likeness (QED) is 0.778. The highest BCUT2D eigenvalue weighted by atomic mass is 16.3. The van der Waals surface area contributed by atoms with Crippen LogP contribution in [0.3, 0.4) is 0 Å². The summed E-state index contributed by atoms with van der Waals surface area (Å²) in [5.74, 6) is 0.178. The maximum absolute atomic E-state index is 12.5. The van der Waals surface area contributed by atoms with Crippen molar-refractivity contribution in [2.45, 2.75) is 46.1 Å². The van der Waals surface area contributed by atoms with Crippen LogP contribution in [0.4, 0.5) is 4.79 Å². The number of urea groups is 1. The molecule has 5 nitrogen and oxygen atoms in total. The second-order valence-electron chi connectivity index (χ2n) is 7.87. The molecule has 0 radical (unpaired) electrons. The molecule has 138 valence electrons. The number of hydrogen-bond donors (Lipinski definition) is 2. The average molecular weight is 346 g/mol. The molecule has 0 spiro atoms. The van der Waals surface area contributed by atoms with Crippen molar-refractivity contribution in [1.82, 2.24) is 10.2 Å². The second-order valence-corrected chi connectivity index (χ2v) is 7.87. The van der Waals surface area contributed by atoms with Crippen molar-refractivity contribution in [3.63, 3.8) is 0 Å². The molecule has 0 saturated carbocycles. The number of aliphatic hydroxyl groups excluding tert-OH is 1. The van der Waals surface area contributed by atoms with E-state index in [0.29, 0.717) is 38.9 Å². The van der Waals surface area contributed by atoms with E-state index in [0.717, 1.165) is 5.56 Å². The standard InChI is InChI=1S/C20H30N2O3/c1-15(23)13-20(2,3)14-21-19(25)22-11-9-17(10-12-22)18(24)16-7-5-4-6-8-16/h4-8,15,17,23H,9-14H2,1-3H3,(H,21,25). The molecule has 2 N–H and O–H groups in total. The van der Waals surface area contributed by atoms with Gasteiger partial charge in [-0.1, -0.05) is 44.2 Å². The third-order valence-corrected chi connectivity index (χ3v) is 4.78. The molecule has 1 unspecified atom stereocenters. The lowest BCUT2D eigenvalue weighted by atomic mass is 9.87. The minimum Gasteiger partial charge on any atom is -0.393 e. The predicted octanol–water partition coefficient (Wildman–Crippen LogP) is 3.09. The Balaban J connectivity index is 1.79. The number of carbonyl (C=O) groups excluding carboxylic acids is 2. The fourth-order valence-electron chi connectivity index (χ4n) is 3.48. The van der Waals surface area contributed by atoms with Crippen LogP contribution in [-0.2, 0) is 0 Å². The molecule has 0 aromatic heterocycles. The van der Waals surface area contributed by atoms with Gasteiger partial charge in [0.2, 0.25) is 0 Å². The fraction of sp³-hybridized carbons (Fsp3) is 0.600. The molecule has 2 rings (SSSR count). The van der Waals surface area contributed by atoms with Gasteiger partial charge in [0.25, 0.3) is 0 Å². The van der Waals surface area contributed by atoms with Gasteiger partial charge in [-0.15, -0.1) is 0 Å². The van der Waals surface area contributed by atoms with Gasteiger partial charge in [-0.2, -0.15) is 0 Å². The van der Waals surface area contributed by atoms with Gasteiger partial charge in [-0.25, -0.2) is 4.79 Å². The lowest BCUT2D eigenvalue weighted by molar-refractivity contribution is 0.0852. The number of nitrogens with one attached hydrogen (secondary N) is 1. The van der Waals surface area contributed by atoms with E-state index in [1.165, 1.54) is 0 Å². The molecule has 1 heterocycles. The molecule has 1 atom stereocenters. The van der Waals surface area contributed by atoms with Gasteiger partial charge in [-0.3, -0.25) is 4.79 Å². The highest BCUT2D eigenvalue weighted by Crippen LogP contribution is 2.23. The summed E-state index contributed by atoms with van der Waals surface area (Å²) in [6.45, 7) is 7.56. The van der Waals surface area contributed by atoms with E-state index in [9.17, 15) is 14.7 Å². The van der Waals surface area contributed by atoms with Gasteiger partial charge in [0.1, 0.15) is 0 Å². The van der Waals surface area contributed by atoms with Gasteiger partial charge in [0.15, 0.2) is 5.78 Å². The van der Waals surface area contributed by atoms with E-state index in [2.05, 4.69) is 5.32 Å². The second kappa shape index (κ2) is 8.48. The van der Waals surface area contributed by atoms with Gasteiger partial charge >= 0.3 is 6.03 Å². The molecule has 1 fully saturated rings. The molecule has 1 aromatic carbocycles. The first-order valence-electron chi connectivity index (χ1n) is 9.08. The molecule has 1 aliphatic heterocycles. The molecule has 25 heavy (non-hydrogen) atoms. The summed E-state index contributed by atoms with van der Waals surface area (Å²) in [7, 11) is 0. The van der Waals surface area contributed by atoms with Crippen LogP contribution in [-0.4, -0.2) is 47.6 Å². The Hall–Kier alpha value is -1.88. The Morgan fingerprint density at radius 1 is 1.24 bits per heavy atom. The molecule has 2 amide bonds. The molecule has 1 aliphatic rings. The van der Waals surface area contributed by atoms with Crippen LogP contribution >= 0.6 is 0 Å². The van der Waals surface area contributed by atoms with E-state index in [4.69, 9.17) is 0 Å². The Morgan fingerprint density at radius 3 is 2.40 bits per heavy atom. The zero-order valence-corrected chi connectivity index (χ0v) is 15.5. The smallest absolute Gasteiger partial charge is 0.317 e. The van der Waals surface area contributed by atoms with Crippen molar-refractivity contribution in [2.75, 3.05) is 19.6 Å². The number of ketones is 1. The largest absolute Gasteiger partial charge is 0.393 e. The monoisotopic (exact) mass is 346 g/mol. The maximum atomic E-state index is 12.5. The number of carbonyl (C=O) groups is 2. The summed E-state index contributed by atoms with van der Waals surface area (Å²) in [5.41, 5.74) is 0.607. The van der Waals surface area contributed by atoms with Crippen LogP contribution < -0.4 is 5.32 Å². The van der Waals surface area contributed by atoms with Crippen LogP contribution in [0.5, 0.6) is 0 Å². The van der Waals surface area contributed by atoms with Crippen molar-refractivity contribution in [1.29, 1.82) is 0 Å². The number of piperidine rings is 1. The fourth-order valence-corrected chi connectivity index (χ4v) is 3.48. The third-order valence-electron chi connectivity index (χ3n) is 4.78. The lowest BCUT2D eigenvalue weighted by Gasteiger charge is -2.33. The van der Waals surface area contributed by atoms with Crippen LogP contribution in [0.25, 0.3) is 0 Å². The Morgan fingerprint density at radius 2 is 1.84 bits per heavy atom. The SMILES string of the molecule is CC(O)CC(C)(C)CNC(=O)N1CCC(C(=O)c2ccccc2)CC1. The van der Waals surface area contributed by atoms with Crippen molar-refractivity contribution >= 4 is 11.8 Å². The maximum Gasteiger partial charge on any atom is 0.317 e. The van der Waals surface area contributed by atoms with Gasteiger partial charge in [-0.05, 0) is 31.6 Å². The van der Waals surface area contributed by atoms with Crippen molar-refractivity contribution in [3.05, 3.63) is 35.9 Å². The topological polar surface area (TPSA) is 69.6 Å². The number of benzene rings is 1. The summed E-state index contributed by atoms with van der Waals surface area (Å²) in [6, 6.07) is 9.29. The molecule has 5 heteroatoms. The van der Waals surface area contributed by atoms with Crippen molar-refractivity contribution in [3.8, 4) is 0 Å². The van der Waals surface area contributed by atoms with Gasteiger partial charge < -0.3 is 15.3 Å². The number of nitrogens with zero attached hydrogens (tertiary/aromatic N) is 1. The van der Waals surface area contributed by atoms with Crippen LogP contribution in [0.15, 0.2) is 30.3 Å². The number of hydrogen-bond acceptors (Lipinski definition) is 3. The predicted molar refractivity (Wildman–Crippen MR) is 98.5 cm³/mol. The van der Waals surface area contributed by atoms with Crippen LogP contribution in [0.2, 0.25) is 0 Å². The van der Waals surface area contributed by atoms with E-state index < -0.39 is 0 Å². The number of rotatable bonds is 6. The summed E-state index contributed by atoms with van der Waals surface area (Å²) in [5, 5.41) is 12.5. The van der Waals surface area contributed by atoms with Crippen LogP contribution in [0.1, 0.15) is 50.4 Å². The Labute approximate surface area is 150 Å². The first kappa shape index (κ1) is 19.4. The molecule has 0 aliphatic carbocycles. The normalized spacial score (nSPS) is 17.2. The summed E-state index contributed by atoms with van der Waals surface area (Å²) < 4.78 is 0. The first-order valence-corrected chi connectivity index (χ1v) is 9.08. The zero-order valence-electron chi connectivity index (χ0n) is 15.5. The highest BCUT2D eigenvalue weighted by Gasteiger charge is 2.29. The van der Waals surface area contributed by atoms with Gasteiger partial charge in [0, 0.05) is 31.1 Å². The minimum absolute atomic E-state index is 0.00173. The number of aliphatic hydroxyl groups is 1. The van der Waals surface area contributed by atoms with Crippen molar-refractivity contribution in [2.24, 2.45) is 11.3 Å².